The Morgan fingerprint density at radius 1 is 1.00 bits per heavy atom. The summed E-state index contributed by atoms with van der Waals surface area (Å²) in [7, 11) is 4.68. The smallest absolute Gasteiger partial charge is 0.248 e. The lowest BCUT2D eigenvalue weighted by molar-refractivity contribution is 0.324. The molecule has 0 bridgehead atoms. The summed E-state index contributed by atoms with van der Waals surface area (Å²) in [6.45, 7) is 4.19. The standard InChI is InChI=1S/C20H20N4O4S2/c1-10-11(2)30-20-16(10)19(21-9-22-20)29-8-15-23-24-18(28-15)12-6-13(25-3)17(27-5)14(7-12)26-4/h6-7,9H,8H2,1-5H3. The van der Waals surface area contributed by atoms with Crippen molar-refractivity contribution in [1.29, 1.82) is 0 Å². The van der Waals surface area contributed by atoms with Gasteiger partial charge in [-0.25, -0.2) is 9.97 Å². The molecule has 0 aliphatic carbocycles. The molecular weight excluding hydrogens is 424 g/mol. The Balaban J connectivity index is 1.59. The second kappa shape index (κ2) is 8.49. The first-order valence-electron chi connectivity index (χ1n) is 9.02. The minimum atomic E-state index is 0.375. The third-order valence-corrected chi connectivity index (χ3v) is 6.73. The van der Waals surface area contributed by atoms with Gasteiger partial charge < -0.3 is 18.6 Å². The van der Waals surface area contributed by atoms with Crippen molar-refractivity contribution >= 4 is 33.3 Å². The molecule has 0 radical (unpaired) electrons. The maximum Gasteiger partial charge on any atom is 0.248 e. The highest BCUT2D eigenvalue weighted by molar-refractivity contribution is 7.98. The molecule has 0 N–H and O–H groups in total. The highest BCUT2D eigenvalue weighted by atomic mass is 32.2. The Morgan fingerprint density at radius 3 is 2.40 bits per heavy atom. The van der Waals surface area contributed by atoms with Crippen molar-refractivity contribution in [1.82, 2.24) is 20.2 Å². The molecule has 0 saturated heterocycles. The highest BCUT2D eigenvalue weighted by Gasteiger charge is 2.18. The van der Waals surface area contributed by atoms with Gasteiger partial charge in [0.25, 0.3) is 0 Å². The fourth-order valence-corrected chi connectivity index (χ4v) is 4.98. The molecule has 156 valence electrons. The molecule has 0 amide bonds. The van der Waals surface area contributed by atoms with Crippen LogP contribution in [-0.4, -0.2) is 41.5 Å². The zero-order chi connectivity index (χ0) is 21.3. The molecule has 0 fully saturated rings. The van der Waals surface area contributed by atoms with Crippen molar-refractivity contribution in [3.63, 3.8) is 0 Å². The number of hydrogen-bond donors (Lipinski definition) is 0. The molecule has 0 unspecified atom stereocenters. The van der Waals surface area contributed by atoms with Gasteiger partial charge in [0.05, 0.1) is 27.1 Å². The fraction of sp³-hybridized carbons (Fsp3) is 0.300. The highest BCUT2D eigenvalue weighted by Crippen LogP contribution is 2.41. The van der Waals surface area contributed by atoms with Gasteiger partial charge in [0.1, 0.15) is 16.2 Å². The molecule has 30 heavy (non-hydrogen) atoms. The molecule has 4 rings (SSSR count). The van der Waals surface area contributed by atoms with Crippen LogP contribution >= 0.6 is 23.1 Å². The van der Waals surface area contributed by atoms with Gasteiger partial charge in [0.2, 0.25) is 17.5 Å². The number of benzene rings is 1. The van der Waals surface area contributed by atoms with E-state index in [-0.39, 0.29) is 0 Å². The maximum absolute atomic E-state index is 5.88. The summed E-state index contributed by atoms with van der Waals surface area (Å²) in [5, 5.41) is 10.4. The lowest BCUT2D eigenvalue weighted by atomic mass is 10.2. The third kappa shape index (κ3) is 3.68. The van der Waals surface area contributed by atoms with Crippen LogP contribution in [0.15, 0.2) is 27.9 Å². The van der Waals surface area contributed by atoms with E-state index in [0.717, 1.165) is 15.2 Å². The van der Waals surface area contributed by atoms with E-state index in [1.165, 1.54) is 10.4 Å². The predicted molar refractivity (Wildman–Crippen MR) is 116 cm³/mol. The summed E-state index contributed by atoms with van der Waals surface area (Å²) < 4.78 is 22.0. The first-order valence-corrected chi connectivity index (χ1v) is 10.8. The quantitative estimate of drug-likeness (QED) is 0.298. The number of aromatic nitrogens is 4. The van der Waals surface area contributed by atoms with Crippen LogP contribution in [0.2, 0.25) is 0 Å². The Morgan fingerprint density at radius 2 is 1.73 bits per heavy atom. The van der Waals surface area contributed by atoms with Crippen molar-refractivity contribution in [2.45, 2.75) is 24.6 Å². The van der Waals surface area contributed by atoms with Crippen molar-refractivity contribution in [3.05, 3.63) is 34.8 Å². The topological polar surface area (TPSA) is 92.4 Å². The van der Waals surface area contributed by atoms with Crippen molar-refractivity contribution in [3.8, 4) is 28.7 Å². The lowest BCUT2D eigenvalue weighted by Gasteiger charge is -2.12. The lowest BCUT2D eigenvalue weighted by Crippen LogP contribution is -1.95. The number of rotatable bonds is 7. The zero-order valence-electron chi connectivity index (χ0n) is 17.2. The van der Waals surface area contributed by atoms with Crippen LogP contribution in [0.25, 0.3) is 21.7 Å². The fourth-order valence-electron chi connectivity index (χ4n) is 3.02. The van der Waals surface area contributed by atoms with Crippen LogP contribution in [0, 0.1) is 13.8 Å². The Kier molecular flexibility index (Phi) is 5.78. The van der Waals surface area contributed by atoms with Gasteiger partial charge in [0, 0.05) is 15.8 Å². The van der Waals surface area contributed by atoms with Crippen LogP contribution in [-0.2, 0) is 5.75 Å². The van der Waals surface area contributed by atoms with Crippen LogP contribution in [0.4, 0.5) is 0 Å². The van der Waals surface area contributed by atoms with E-state index < -0.39 is 0 Å². The second-order valence-electron chi connectivity index (χ2n) is 6.35. The summed E-state index contributed by atoms with van der Waals surface area (Å²) in [6, 6.07) is 3.55. The molecule has 0 aliphatic heterocycles. The van der Waals surface area contributed by atoms with Gasteiger partial charge >= 0.3 is 0 Å². The van der Waals surface area contributed by atoms with Crippen LogP contribution in [0.5, 0.6) is 17.2 Å². The largest absolute Gasteiger partial charge is 0.493 e. The third-order valence-electron chi connectivity index (χ3n) is 4.64. The molecule has 4 aromatic rings. The van der Waals surface area contributed by atoms with E-state index >= 15 is 0 Å². The van der Waals surface area contributed by atoms with Gasteiger partial charge in [-0.3, -0.25) is 0 Å². The average Bonchev–Trinajstić information content (AvgIpc) is 3.36. The number of thiophene rings is 1. The first kappa shape index (κ1) is 20.4. The molecule has 8 nitrogen and oxygen atoms in total. The normalized spacial score (nSPS) is 11.1. The number of methoxy groups -OCH3 is 3. The molecule has 3 aromatic heterocycles. The molecule has 3 heterocycles. The first-order chi connectivity index (χ1) is 14.5. The number of fused-ring (bicyclic) bond motifs is 1. The Bertz CT molecular complexity index is 1180. The number of aryl methyl sites for hydroxylation is 2. The second-order valence-corrected chi connectivity index (χ2v) is 8.51. The number of nitrogens with zero attached hydrogens (tertiary/aromatic N) is 4. The minimum Gasteiger partial charge on any atom is -0.493 e. The van der Waals surface area contributed by atoms with E-state index in [1.54, 1.807) is 62.9 Å². The monoisotopic (exact) mass is 444 g/mol. The maximum atomic E-state index is 5.88. The Hall–Kier alpha value is -2.85. The molecule has 0 atom stereocenters. The molecule has 0 saturated carbocycles. The van der Waals surface area contributed by atoms with Gasteiger partial charge in [0.15, 0.2) is 11.5 Å². The summed E-state index contributed by atoms with van der Waals surface area (Å²) in [4.78, 5) is 11.1. The number of hydrogen-bond acceptors (Lipinski definition) is 10. The van der Waals surface area contributed by atoms with Crippen molar-refractivity contribution in [2.24, 2.45) is 0 Å². The predicted octanol–water partition coefficient (Wildman–Crippen LogP) is 4.68. The van der Waals surface area contributed by atoms with Gasteiger partial charge in [-0.2, -0.15) is 0 Å². The van der Waals surface area contributed by atoms with Gasteiger partial charge in [-0.1, -0.05) is 11.8 Å². The minimum absolute atomic E-state index is 0.375. The van der Waals surface area contributed by atoms with Crippen LogP contribution in [0.3, 0.4) is 0 Å². The Labute approximate surface area is 181 Å². The van der Waals surface area contributed by atoms with E-state index in [4.69, 9.17) is 18.6 Å². The molecule has 1 aromatic carbocycles. The van der Waals surface area contributed by atoms with Crippen LogP contribution < -0.4 is 14.2 Å². The molecule has 0 spiro atoms. The molecule has 0 aliphatic rings. The summed E-state index contributed by atoms with van der Waals surface area (Å²) in [5.41, 5.74) is 1.89. The summed E-state index contributed by atoms with van der Waals surface area (Å²) in [6.07, 6.45) is 1.59. The van der Waals surface area contributed by atoms with E-state index in [2.05, 4.69) is 34.0 Å². The van der Waals surface area contributed by atoms with E-state index in [0.29, 0.717) is 40.3 Å². The van der Waals surface area contributed by atoms with E-state index in [1.807, 2.05) is 0 Å². The molecule has 10 heteroatoms. The summed E-state index contributed by atoms with van der Waals surface area (Å²) >= 11 is 3.23. The SMILES string of the molecule is COc1cc(-c2nnc(CSc3ncnc4sc(C)c(C)c34)o2)cc(OC)c1OC. The molecular formula is C20H20N4O4S2. The van der Waals surface area contributed by atoms with Gasteiger partial charge in [-0.05, 0) is 31.5 Å². The van der Waals surface area contributed by atoms with Crippen molar-refractivity contribution in [2.75, 3.05) is 21.3 Å². The number of ether oxygens (including phenoxy) is 3. The average molecular weight is 445 g/mol. The van der Waals surface area contributed by atoms with Crippen LogP contribution in [0.1, 0.15) is 16.3 Å². The van der Waals surface area contributed by atoms with E-state index in [9.17, 15) is 0 Å². The summed E-state index contributed by atoms with van der Waals surface area (Å²) in [5.74, 6) is 2.92. The number of thioether (sulfide) groups is 1. The zero-order valence-corrected chi connectivity index (χ0v) is 18.8. The van der Waals surface area contributed by atoms with Crippen molar-refractivity contribution < 1.29 is 18.6 Å². The van der Waals surface area contributed by atoms with Gasteiger partial charge in [-0.15, -0.1) is 21.5 Å².